The molecule has 0 unspecified atom stereocenters. The van der Waals surface area contributed by atoms with Gasteiger partial charge in [-0.15, -0.1) is 11.3 Å². The largest absolute Gasteiger partial charge is 0.326 e. The molecule has 0 aliphatic rings. The normalized spacial score (nSPS) is 11.2. The van der Waals surface area contributed by atoms with E-state index in [0.717, 1.165) is 10.7 Å². The summed E-state index contributed by atoms with van der Waals surface area (Å²) in [6.07, 6.45) is 1.75. The van der Waals surface area contributed by atoms with Gasteiger partial charge in [0.05, 0.1) is 22.7 Å². The minimum Gasteiger partial charge on any atom is -0.326 e. The molecule has 4 aromatic rings. The lowest BCUT2D eigenvalue weighted by Crippen LogP contribution is -2.17. The number of rotatable bonds is 7. The lowest BCUT2D eigenvalue weighted by Gasteiger charge is -2.13. The van der Waals surface area contributed by atoms with E-state index in [4.69, 9.17) is 11.6 Å². The molecule has 7 nitrogen and oxygen atoms in total. The first-order valence-electron chi connectivity index (χ1n) is 9.85. The van der Waals surface area contributed by atoms with Crippen LogP contribution in [0.25, 0.3) is 10.7 Å². The van der Waals surface area contributed by atoms with Crippen LogP contribution in [0.5, 0.6) is 0 Å². The summed E-state index contributed by atoms with van der Waals surface area (Å²) in [5, 5.41) is 5.80. The van der Waals surface area contributed by atoms with Gasteiger partial charge in [0.25, 0.3) is 10.0 Å². The summed E-state index contributed by atoms with van der Waals surface area (Å²) in [4.78, 5) is 21.4. The number of benzene rings is 2. The van der Waals surface area contributed by atoms with Gasteiger partial charge < -0.3 is 5.32 Å². The summed E-state index contributed by atoms with van der Waals surface area (Å²) in [7, 11) is -3.86. The molecule has 0 saturated carbocycles. The third-order valence-electron chi connectivity index (χ3n) is 4.64. The molecule has 33 heavy (non-hydrogen) atoms. The number of hydrogen-bond acceptors (Lipinski definition) is 6. The second-order valence-electron chi connectivity index (χ2n) is 7.18. The number of hydrogen-bond donors (Lipinski definition) is 2. The molecule has 0 aliphatic carbocycles. The molecule has 4 rings (SSSR count). The van der Waals surface area contributed by atoms with Crippen LogP contribution in [-0.2, 0) is 21.2 Å². The van der Waals surface area contributed by atoms with E-state index in [1.54, 1.807) is 49.5 Å². The summed E-state index contributed by atoms with van der Waals surface area (Å²) >= 11 is 7.27. The predicted molar refractivity (Wildman–Crippen MR) is 131 cm³/mol. The second-order valence-corrected chi connectivity index (χ2v) is 10.1. The zero-order chi connectivity index (χ0) is 23.4. The van der Waals surface area contributed by atoms with E-state index in [0.29, 0.717) is 27.7 Å². The Balaban J connectivity index is 1.47. The van der Waals surface area contributed by atoms with Gasteiger partial charge in [0, 0.05) is 28.0 Å². The number of thiazole rings is 1. The molecule has 2 aromatic heterocycles. The highest BCUT2D eigenvalue weighted by Gasteiger charge is 2.19. The third-order valence-corrected chi connectivity index (χ3v) is 7.32. The lowest BCUT2D eigenvalue weighted by atomic mass is 10.2. The number of carbonyl (C=O) groups excluding carboxylic acids is 1. The Morgan fingerprint density at radius 3 is 2.55 bits per heavy atom. The maximum absolute atomic E-state index is 12.9. The van der Waals surface area contributed by atoms with E-state index in [-0.39, 0.29) is 17.2 Å². The number of nitrogens with one attached hydrogen (secondary N) is 2. The third kappa shape index (κ3) is 5.75. The van der Waals surface area contributed by atoms with Crippen LogP contribution in [0.15, 0.2) is 77.1 Å². The molecule has 0 spiro atoms. The van der Waals surface area contributed by atoms with Crippen LogP contribution in [0.1, 0.15) is 11.3 Å². The number of sulfonamides is 1. The quantitative estimate of drug-likeness (QED) is 0.367. The molecule has 10 heteroatoms. The number of carbonyl (C=O) groups is 1. The van der Waals surface area contributed by atoms with Crippen molar-refractivity contribution in [2.24, 2.45) is 0 Å². The minimum atomic E-state index is -3.86. The van der Waals surface area contributed by atoms with Gasteiger partial charge in [0.15, 0.2) is 0 Å². The van der Waals surface area contributed by atoms with Crippen molar-refractivity contribution in [3.8, 4) is 10.7 Å². The van der Waals surface area contributed by atoms with E-state index in [1.807, 2.05) is 23.6 Å². The van der Waals surface area contributed by atoms with Crippen molar-refractivity contribution in [3.05, 3.63) is 88.5 Å². The zero-order valence-corrected chi connectivity index (χ0v) is 19.8. The van der Waals surface area contributed by atoms with Crippen molar-refractivity contribution >= 4 is 50.2 Å². The standard InChI is InChI=1S/C23H19ClN4O3S2/c1-15-5-8-18(12-21(15)33(30,31)28-17-9-6-16(24)7-10-17)26-22(29)13-19-14-32-23(27-19)20-4-2-3-11-25-20/h2-12,14,28H,13H2,1H3,(H,26,29). The molecule has 1 amide bonds. The average Bonchev–Trinajstić information content (AvgIpc) is 3.25. The lowest BCUT2D eigenvalue weighted by molar-refractivity contribution is -0.115. The van der Waals surface area contributed by atoms with Crippen molar-refractivity contribution in [1.29, 1.82) is 0 Å². The fourth-order valence-corrected chi connectivity index (χ4v) is 5.31. The fourth-order valence-electron chi connectivity index (χ4n) is 3.06. The van der Waals surface area contributed by atoms with Crippen molar-refractivity contribution in [2.45, 2.75) is 18.2 Å². The summed E-state index contributed by atoms with van der Waals surface area (Å²) < 4.78 is 28.3. The average molecular weight is 499 g/mol. The van der Waals surface area contributed by atoms with E-state index < -0.39 is 10.0 Å². The number of anilines is 2. The summed E-state index contributed by atoms with van der Waals surface area (Å²) in [5.41, 5.74) is 2.68. The number of halogens is 1. The first-order valence-corrected chi connectivity index (χ1v) is 12.6. The highest BCUT2D eigenvalue weighted by Crippen LogP contribution is 2.25. The van der Waals surface area contributed by atoms with Crippen molar-refractivity contribution in [3.63, 3.8) is 0 Å². The van der Waals surface area contributed by atoms with Crippen LogP contribution in [0.2, 0.25) is 5.02 Å². The van der Waals surface area contributed by atoms with Crippen molar-refractivity contribution < 1.29 is 13.2 Å². The van der Waals surface area contributed by atoms with Gasteiger partial charge >= 0.3 is 0 Å². The van der Waals surface area contributed by atoms with Crippen LogP contribution in [0, 0.1) is 6.92 Å². The SMILES string of the molecule is Cc1ccc(NC(=O)Cc2csc(-c3ccccn3)n2)cc1S(=O)(=O)Nc1ccc(Cl)cc1. The number of aryl methyl sites for hydroxylation is 1. The Morgan fingerprint density at radius 1 is 1.06 bits per heavy atom. The van der Waals surface area contributed by atoms with Crippen LogP contribution >= 0.6 is 22.9 Å². The predicted octanol–water partition coefficient (Wildman–Crippen LogP) is 5.15. The first kappa shape index (κ1) is 22.9. The molecule has 0 saturated heterocycles. The van der Waals surface area contributed by atoms with E-state index >= 15 is 0 Å². The molecule has 2 heterocycles. The Kier molecular flexibility index (Phi) is 6.73. The van der Waals surface area contributed by atoms with E-state index in [9.17, 15) is 13.2 Å². The molecular formula is C23H19ClN4O3S2. The van der Waals surface area contributed by atoms with E-state index in [2.05, 4.69) is 20.0 Å². The monoisotopic (exact) mass is 498 g/mol. The van der Waals surface area contributed by atoms with Crippen molar-refractivity contribution in [2.75, 3.05) is 10.0 Å². The van der Waals surface area contributed by atoms with Crippen LogP contribution in [0.4, 0.5) is 11.4 Å². The summed E-state index contributed by atoms with van der Waals surface area (Å²) in [5.74, 6) is -0.300. The second kappa shape index (κ2) is 9.70. The first-order chi connectivity index (χ1) is 15.8. The Morgan fingerprint density at radius 2 is 1.82 bits per heavy atom. The van der Waals surface area contributed by atoms with Gasteiger partial charge in [0.1, 0.15) is 5.01 Å². The zero-order valence-electron chi connectivity index (χ0n) is 17.4. The molecule has 0 radical (unpaired) electrons. The molecule has 0 atom stereocenters. The summed E-state index contributed by atoms with van der Waals surface area (Å²) in [6.45, 7) is 1.69. The molecule has 168 valence electrons. The topological polar surface area (TPSA) is 101 Å². The Bertz CT molecular complexity index is 1390. The molecular weight excluding hydrogens is 480 g/mol. The molecule has 2 aromatic carbocycles. The van der Waals surface area contributed by atoms with Gasteiger partial charge in [-0.2, -0.15) is 0 Å². The van der Waals surface area contributed by atoms with Gasteiger partial charge in [-0.25, -0.2) is 13.4 Å². The number of aromatic nitrogens is 2. The van der Waals surface area contributed by atoms with Gasteiger partial charge in [0.2, 0.25) is 5.91 Å². The fraction of sp³-hybridized carbons (Fsp3) is 0.0870. The molecule has 0 bridgehead atoms. The molecule has 0 fully saturated rings. The van der Waals surface area contributed by atoms with Crippen LogP contribution < -0.4 is 10.0 Å². The maximum Gasteiger partial charge on any atom is 0.262 e. The highest BCUT2D eigenvalue weighted by atomic mass is 35.5. The summed E-state index contributed by atoms with van der Waals surface area (Å²) in [6, 6.07) is 16.7. The Hall–Kier alpha value is -3.27. The molecule has 2 N–H and O–H groups in total. The van der Waals surface area contributed by atoms with Gasteiger partial charge in [-0.1, -0.05) is 23.7 Å². The molecule has 0 aliphatic heterocycles. The number of pyridine rings is 1. The van der Waals surface area contributed by atoms with Crippen LogP contribution in [0.3, 0.4) is 0 Å². The number of amides is 1. The maximum atomic E-state index is 12.9. The highest BCUT2D eigenvalue weighted by molar-refractivity contribution is 7.92. The Labute approximate surface area is 200 Å². The van der Waals surface area contributed by atoms with Crippen molar-refractivity contribution in [1.82, 2.24) is 9.97 Å². The van der Waals surface area contributed by atoms with E-state index in [1.165, 1.54) is 17.4 Å². The number of nitrogens with zero attached hydrogens (tertiary/aromatic N) is 2. The smallest absolute Gasteiger partial charge is 0.262 e. The minimum absolute atomic E-state index is 0.0579. The van der Waals surface area contributed by atoms with Crippen LogP contribution in [-0.4, -0.2) is 24.3 Å². The van der Waals surface area contributed by atoms with Gasteiger partial charge in [-0.3, -0.25) is 14.5 Å². The van der Waals surface area contributed by atoms with Gasteiger partial charge in [-0.05, 0) is 61.0 Å².